The molecule has 0 saturated heterocycles. The van der Waals surface area contributed by atoms with Crippen molar-refractivity contribution in [2.75, 3.05) is 5.01 Å². The van der Waals surface area contributed by atoms with Crippen molar-refractivity contribution in [2.45, 2.75) is 17.9 Å². The molecule has 2 aromatic carbocycles. The van der Waals surface area contributed by atoms with Gasteiger partial charge in [0.2, 0.25) is 10.0 Å². The number of sulfonamides is 1. The number of anilines is 1. The van der Waals surface area contributed by atoms with Gasteiger partial charge in [0.1, 0.15) is 16.3 Å². The Bertz CT molecular complexity index is 1070. The number of nitrogens with two attached hydrogens (primary N) is 1. The van der Waals surface area contributed by atoms with Crippen molar-refractivity contribution >= 4 is 44.6 Å². The second-order valence-electron chi connectivity index (χ2n) is 5.66. The van der Waals surface area contributed by atoms with Crippen molar-refractivity contribution < 1.29 is 18.3 Å². The van der Waals surface area contributed by atoms with Gasteiger partial charge in [-0.25, -0.2) is 13.6 Å². The van der Waals surface area contributed by atoms with Crippen molar-refractivity contribution in [3.8, 4) is 5.75 Å². The minimum Gasteiger partial charge on any atom is -0.506 e. The molecule has 1 atom stereocenters. The van der Waals surface area contributed by atoms with E-state index in [2.05, 4.69) is 15.3 Å². The maximum atomic E-state index is 12.5. The Kier molecular flexibility index (Phi) is 4.96. The van der Waals surface area contributed by atoms with Gasteiger partial charge in [-0.15, -0.1) is 0 Å². The maximum absolute atomic E-state index is 12.5. The molecular formula is C16H14ClN5O4S. The van der Waals surface area contributed by atoms with Gasteiger partial charge < -0.3 is 5.11 Å². The first-order valence-corrected chi connectivity index (χ1v) is 9.51. The van der Waals surface area contributed by atoms with Gasteiger partial charge in [-0.05, 0) is 25.1 Å². The Morgan fingerprint density at radius 1 is 1.26 bits per heavy atom. The number of hydrogen-bond donors (Lipinski definition) is 2. The van der Waals surface area contributed by atoms with Crippen LogP contribution in [0.1, 0.15) is 6.92 Å². The molecule has 0 fully saturated rings. The van der Waals surface area contributed by atoms with Gasteiger partial charge in [-0.1, -0.05) is 29.8 Å². The number of para-hydroxylation sites is 1. The molecule has 0 spiro atoms. The van der Waals surface area contributed by atoms with E-state index in [1.165, 1.54) is 5.01 Å². The minimum atomic E-state index is -4.10. The van der Waals surface area contributed by atoms with E-state index in [0.717, 1.165) is 12.1 Å². The average molecular weight is 408 g/mol. The lowest BCUT2D eigenvalue weighted by Gasteiger charge is -2.11. The van der Waals surface area contributed by atoms with Gasteiger partial charge in [-0.2, -0.15) is 20.3 Å². The van der Waals surface area contributed by atoms with Crippen molar-refractivity contribution in [1.29, 1.82) is 0 Å². The highest BCUT2D eigenvalue weighted by atomic mass is 35.5. The van der Waals surface area contributed by atoms with Crippen LogP contribution >= 0.6 is 11.6 Å². The zero-order chi connectivity index (χ0) is 19.8. The standard InChI is InChI=1S/C16H14ClN5O4S/c1-9-15(16(24)22(21-9)10-5-3-2-4-6-10)20-19-12-7-11(17)14(8-13(12)23)27(18,25)26/h2-8,15,23H,1H3,(H2,18,25,26). The van der Waals surface area contributed by atoms with Crippen LogP contribution < -0.4 is 10.1 Å². The van der Waals surface area contributed by atoms with Crippen molar-refractivity contribution in [1.82, 2.24) is 0 Å². The lowest BCUT2D eigenvalue weighted by Crippen LogP contribution is -2.29. The van der Waals surface area contributed by atoms with E-state index in [9.17, 15) is 18.3 Å². The number of halogens is 1. The monoisotopic (exact) mass is 407 g/mol. The normalized spacial score (nSPS) is 17.6. The van der Waals surface area contributed by atoms with Gasteiger partial charge in [0.05, 0.1) is 16.4 Å². The third-order valence-corrected chi connectivity index (χ3v) is 5.09. The predicted molar refractivity (Wildman–Crippen MR) is 99.8 cm³/mol. The van der Waals surface area contributed by atoms with Crippen LogP contribution in [0.2, 0.25) is 5.02 Å². The Labute approximate surface area is 159 Å². The molecule has 0 saturated carbocycles. The third-order valence-electron chi connectivity index (χ3n) is 3.71. The number of azo groups is 1. The molecule has 1 aliphatic rings. The van der Waals surface area contributed by atoms with Crippen molar-refractivity contribution in [3.05, 3.63) is 47.5 Å². The van der Waals surface area contributed by atoms with Crippen molar-refractivity contribution in [2.24, 2.45) is 20.5 Å². The number of hydrogen-bond acceptors (Lipinski definition) is 7. The molecule has 3 N–H and O–H groups in total. The number of primary sulfonamides is 1. The summed E-state index contributed by atoms with van der Waals surface area (Å²) in [6.07, 6.45) is 0. The number of nitrogens with zero attached hydrogens (tertiary/aromatic N) is 4. The molecule has 1 aliphatic heterocycles. The Morgan fingerprint density at radius 3 is 2.56 bits per heavy atom. The highest BCUT2D eigenvalue weighted by molar-refractivity contribution is 7.89. The van der Waals surface area contributed by atoms with E-state index in [-0.39, 0.29) is 10.7 Å². The van der Waals surface area contributed by atoms with Crippen LogP contribution in [0.3, 0.4) is 0 Å². The lowest BCUT2D eigenvalue weighted by atomic mass is 10.2. The fourth-order valence-corrected chi connectivity index (χ4v) is 3.48. The van der Waals surface area contributed by atoms with E-state index in [1.54, 1.807) is 31.2 Å². The van der Waals surface area contributed by atoms with Crippen LogP contribution in [0.4, 0.5) is 11.4 Å². The molecule has 0 aliphatic carbocycles. The quantitative estimate of drug-likeness (QED) is 0.752. The first-order chi connectivity index (χ1) is 12.7. The van der Waals surface area contributed by atoms with Crippen LogP contribution in [-0.4, -0.2) is 31.2 Å². The van der Waals surface area contributed by atoms with Crippen LogP contribution in [0.15, 0.2) is 62.7 Å². The molecule has 0 aromatic heterocycles. The summed E-state index contributed by atoms with van der Waals surface area (Å²) in [7, 11) is -4.10. The number of aromatic hydroxyl groups is 1. The fraction of sp³-hybridized carbons (Fsp3) is 0.125. The highest BCUT2D eigenvalue weighted by Crippen LogP contribution is 2.35. The SMILES string of the molecule is CC1=NN(c2ccccc2)C(=O)C1N=Nc1cc(Cl)c(S(N)(=O)=O)cc1O. The van der Waals surface area contributed by atoms with E-state index in [4.69, 9.17) is 16.7 Å². The van der Waals surface area contributed by atoms with Crippen LogP contribution in [0.25, 0.3) is 0 Å². The van der Waals surface area contributed by atoms with Gasteiger partial charge in [0, 0.05) is 6.07 Å². The summed E-state index contributed by atoms with van der Waals surface area (Å²) in [6, 6.07) is 9.82. The van der Waals surface area contributed by atoms with Gasteiger partial charge >= 0.3 is 0 Å². The summed E-state index contributed by atoms with van der Waals surface area (Å²) in [4.78, 5) is 12.1. The number of benzene rings is 2. The predicted octanol–water partition coefficient (Wildman–Crippen LogP) is 2.57. The van der Waals surface area contributed by atoms with Crippen molar-refractivity contribution in [3.63, 3.8) is 0 Å². The molecule has 0 bridgehead atoms. The zero-order valence-electron chi connectivity index (χ0n) is 13.9. The first-order valence-electron chi connectivity index (χ1n) is 7.59. The number of hydrazone groups is 1. The maximum Gasteiger partial charge on any atom is 0.280 e. The smallest absolute Gasteiger partial charge is 0.280 e. The number of rotatable bonds is 4. The number of carbonyl (C=O) groups is 1. The summed E-state index contributed by atoms with van der Waals surface area (Å²) in [5.41, 5.74) is 0.897. The molecule has 140 valence electrons. The summed E-state index contributed by atoms with van der Waals surface area (Å²) in [6.45, 7) is 1.63. The largest absolute Gasteiger partial charge is 0.506 e. The van der Waals surface area contributed by atoms with E-state index >= 15 is 0 Å². The second kappa shape index (κ2) is 7.06. The van der Waals surface area contributed by atoms with Crippen LogP contribution in [0.5, 0.6) is 5.75 Å². The molecule has 1 heterocycles. The summed E-state index contributed by atoms with van der Waals surface area (Å²) in [5.74, 6) is -0.902. The Morgan fingerprint density at radius 2 is 1.93 bits per heavy atom. The second-order valence-corrected chi connectivity index (χ2v) is 7.60. The molecule has 27 heavy (non-hydrogen) atoms. The number of phenolic OH excluding ortho intramolecular Hbond substituents is 1. The third kappa shape index (κ3) is 3.82. The number of phenols is 1. The number of amides is 1. The molecule has 1 unspecified atom stereocenters. The fourth-order valence-electron chi connectivity index (χ4n) is 2.39. The molecular weight excluding hydrogens is 394 g/mol. The van der Waals surface area contributed by atoms with Gasteiger partial charge in [-0.3, -0.25) is 4.79 Å². The molecule has 0 radical (unpaired) electrons. The number of carbonyl (C=O) groups excluding carboxylic acids is 1. The van der Waals surface area contributed by atoms with Crippen LogP contribution in [0, 0.1) is 0 Å². The van der Waals surface area contributed by atoms with Crippen LogP contribution in [-0.2, 0) is 14.8 Å². The average Bonchev–Trinajstić information content (AvgIpc) is 2.89. The summed E-state index contributed by atoms with van der Waals surface area (Å²) in [5, 5.41) is 27.9. The Hall–Kier alpha value is -2.82. The molecule has 9 nitrogen and oxygen atoms in total. The molecule has 2 aromatic rings. The zero-order valence-corrected chi connectivity index (χ0v) is 15.5. The van der Waals surface area contributed by atoms with E-state index in [1.807, 2.05) is 6.07 Å². The Balaban J connectivity index is 1.88. The van der Waals surface area contributed by atoms with E-state index in [0.29, 0.717) is 11.4 Å². The molecule has 11 heteroatoms. The van der Waals surface area contributed by atoms with E-state index < -0.39 is 32.6 Å². The topological polar surface area (TPSA) is 138 Å². The molecule has 1 amide bonds. The van der Waals surface area contributed by atoms with Gasteiger partial charge in [0.25, 0.3) is 5.91 Å². The highest BCUT2D eigenvalue weighted by Gasteiger charge is 2.34. The summed E-state index contributed by atoms with van der Waals surface area (Å²) < 4.78 is 22.8. The first kappa shape index (κ1) is 19.0. The minimum absolute atomic E-state index is 0.105. The van der Waals surface area contributed by atoms with Gasteiger partial charge in [0.15, 0.2) is 6.04 Å². The molecule has 3 rings (SSSR count). The lowest BCUT2D eigenvalue weighted by molar-refractivity contribution is -0.117. The summed E-state index contributed by atoms with van der Waals surface area (Å²) >= 11 is 5.87.